The molecule has 28 heavy (non-hydrogen) atoms. The van der Waals surface area contributed by atoms with Gasteiger partial charge in [-0.3, -0.25) is 14.8 Å². The van der Waals surface area contributed by atoms with Crippen LogP contribution in [0.1, 0.15) is 22.5 Å². The van der Waals surface area contributed by atoms with Gasteiger partial charge >= 0.3 is 0 Å². The molecule has 0 bridgehead atoms. The maximum absolute atomic E-state index is 13.0. The monoisotopic (exact) mass is 376 g/mol. The van der Waals surface area contributed by atoms with Gasteiger partial charge in [-0.25, -0.2) is 13.8 Å². The summed E-state index contributed by atoms with van der Waals surface area (Å²) in [4.78, 5) is 24.9. The van der Waals surface area contributed by atoms with Gasteiger partial charge in [-0.05, 0) is 36.4 Å². The minimum atomic E-state index is -2.67. The van der Waals surface area contributed by atoms with Gasteiger partial charge in [-0.1, -0.05) is 18.2 Å². The largest absolute Gasteiger partial charge is 0.321 e. The van der Waals surface area contributed by atoms with E-state index in [4.69, 9.17) is 0 Å². The number of benzene rings is 1. The molecule has 138 valence electrons. The van der Waals surface area contributed by atoms with E-state index in [1.54, 1.807) is 54.9 Å². The molecule has 3 aromatic heterocycles. The highest BCUT2D eigenvalue weighted by molar-refractivity contribution is 6.12. The molecule has 0 aliphatic carbocycles. The number of nitrogens with zero attached hydrogens (tertiary/aromatic N) is 3. The maximum Gasteiger partial charge on any atom is 0.280 e. The van der Waals surface area contributed by atoms with Crippen molar-refractivity contribution in [2.24, 2.45) is 0 Å². The Morgan fingerprint density at radius 3 is 2.68 bits per heavy atom. The first-order valence-corrected chi connectivity index (χ1v) is 8.47. The second-order valence-electron chi connectivity index (χ2n) is 6.04. The number of pyridine rings is 3. The highest BCUT2D eigenvalue weighted by atomic mass is 19.3. The molecule has 0 fully saturated rings. The Bertz CT molecular complexity index is 1150. The number of anilines is 1. The smallest absolute Gasteiger partial charge is 0.280 e. The standard InChI is InChI=1S/C21H14F2N4O/c22-20(23)18-11-14(8-10-25-18)17-7-6-13-3-1-5-16(19(13)27-17)21(28)26-15-4-2-9-24-12-15/h1-12,20H,(H,26,28). The first-order chi connectivity index (χ1) is 13.6. The van der Waals surface area contributed by atoms with Crippen LogP contribution in [0.25, 0.3) is 22.2 Å². The Kier molecular flexibility index (Phi) is 4.72. The summed E-state index contributed by atoms with van der Waals surface area (Å²) in [5.41, 5.74) is 2.11. The van der Waals surface area contributed by atoms with Crippen LogP contribution in [-0.4, -0.2) is 20.9 Å². The topological polar surface area (TPSA) is 67.8 Å². The van der Waals surface area contributed by atoms with Crippen molar-refractivity contribution in [1.82, 2.24) is 15.0 Å². The predicted molar refractivity (Wildman–Crippen MR) is 102 cm³/mol. The number of hydrogen-bond donors (Lipinski definition) is 1. The highest BCUT2D eigenvalue weighted by Gasteiger charge is 2.14. The fraction of sp³-hybridized carbons (Fsp3) is 0.0476. The van der Waals surface area contributed by atoms with Gasteiger partial charge in [0.2, 0.25) is 0 Å². The molecule has 4 rings (SSSR count). The second-order valence-corrected chi connectivity index (χ2v) is 6.04. The minimum absolute atomic E-state index is 0.318. The van der Waals surface area contributed by atoms with Crippen LogP contribution in [0.2, 0.25) is 0 Å². The average Bonchev–Trinajstić information content (AvgIpc) is 2.73. The van der Waals surface area contributed by atoms with E-state index in [-0.39, 0.29) is 11.6 Å². The quantitative estimate of drug-likeness (QED) is 0.551. The summed E-state index contributed by atoms with van der Waals surface area (Å²) in [7, 11) is 0. The van der Waals surface area contributed by atoms with Crippen molar-refractivity contribution in [2.45, 2.75) is 6.43 Å². The molecule has 5 nitrogen and oxygen atoms in total. The Labute approximate surface area is 159 Å². The Morgan fingerprint density at radius 2 is 1.89 bits per heavy atom. The van der Waals surface area contributed by atoms with Gasteiger partial charge in [-0.15, -0.1) is 0 Å². The lowest BCUT2D eigenvalue weighted by atomic mass is 10.1. The molecule has 4 aromatic rings. The van der Waals surface area contributed by atoms with Gasteiger partial charge in [0.1, 0.15) is 5.69 Å². The van der Waals surface area contributed by atoms with Gasteiger partial charge in [0, 0.05) is 23.3 Å². The number of aromatic nitrogens is 3. The van der Waals surface area contributed by atoms with Gasteiger partial charge in [0.15, 0.2) is 0 Å². The Morgan fingerprint density at radius 1 is 1.00 bits per heavy atom. The molecule has 7 heteroatoms. The van der Waals surface area contributed by atoms with Crippen LogP contribution in [0.4, 0.5) is 14.5 Å². The Balaban J connectivity index is 1.76. The number of rotatable bonds is 4. The fourth-order valence-electron chi connectivity index (χ4n) is 2.85. The van der Waals surface area contributed by atoms with Gasteiger partial charge in [0.05, 0.1) is 28.7 Å². The van der Waals surface area contributed by atoms with Crippen LogP contribution in [0.3, 0.4) is 0 Å². The SMILES string of the molecule is O=C(Nc1cccnc1)c1cccc2ccc(-c3ccnc(C(F)F)c3)nc12. The van der Waals surface area contributed by atoms with E-state index in [2.05, 4.69) is 20.3 Å². The van der Waals surface area contributed by atoms with Crippen LogP contribution in [0.5, 0.6) is 0 Å². The lowest BCUT2D eigenvalue weighted by Gasteiger charge is -2.09. The van der Waals surface area contributed by atoms with Crippen molar-refractivity contribution < 1.29 is 13.6 Å². The molecule has 0 saturated heterocycles. The lowest BCUT2D eigenvalue weighted by molar-refractivity contribution is 0.102. The van der Waals surface area contributed by atoms with E-state index in [0.717, 1.165) is 5.39 Å². The zero-order valence-corrected chi connectivity index (χ0v) is 14.5. The highest BCUT2D eigenvalue weighted by Crippen LogP contribution is 2.26. The third-order valence-corrected chi connectivity index (χ3v) is 4.18. The van der Waals surface area contributed by atoms with Crippen molar-refractivity contribution in [3.05, 3.63) is 84.4 Å². The number of amides is 1. The fourth-order valence-corrected chi connectivity index (χ4v) is 2.85. The number of nitrogens with one attached hydrogen (secondary N) is 1. The third-order valence-electron chi connectivity index (χ3n) is 4.18. The summed E-state index contributed by atoms with van der Waals surface area (Å²) in [5, 5.41) is 3.55. The van der Waals surface area contributed by atoms with Crippen molar-refractivity contribution in [1.29, 1.82) is 0 Å². The lowest BCUT2D eigenvalue weighted by Crippen LogP contribution is -2.13. The van der Waals surface area contributed by atoms with E-state index in [1.807, 2.05) is 6.07 Å². The predicted octanol–water partition coefficient (Wildman–Crippen LogP) is 4.88. The van der Waals surface area contributed by atoms with Crippen LogP contribution >= 0.6 is 0 Å². The summed E-state index contributed by atoms with van der Waals surface area (Å²) < 4.78 is 25.9. The molecule has 0 atom stereocenters. The molecule has 0 aliphatic heterocycles. The van der Waals surface area contributed by atoms with Crippen molar-refractivity contribution in [3.63, 3.8) is 0 Å². The number of alkyl halides is 2. The van der Waals surface area contributed by atoms with E-state index in [9.17, 15) is 13.6 Å². The number of hydrogen-bond acceptors (Lipinski definition) is 4. The van der Waals surface area contributed by atoms with Gasteiger partial charge in [-0.2, -0.15) is 0 Å². The molecular weight excluding hydrogens is 362 g/mol. The first kappa shape index (κ1) is 17.7. The van der Waals surface area contributed by atoms with Crippen LogP contribution < -0.4 is 5.32 Å². The van der Waals surface area contributed by atoms with E-state index >= 15 is 0 Å². The van der Waals surface area contributed by atoms with E-state index in [0.29, 0.717) is 28.0 Å². The number of carbonyl (C=O) groups is 1. The molecule has 0 unspecified atom stereocenters. The molecule has 1 amide bonds. The van der Waals surface area contributed by atoms with E-state index in [1.165, 1.54) is 12.3 Å². The summed E-state index contributed by atoms with van der Waals surface area (Å²) in [6.45, 7) is 0. The second kappa shape index (κ2) is 7.48. The maximum atomic E-state index is 13.0. The molecule has 0 radical (unpaired) electrons. The third kappa shape index (κ3) is 3.55. The Hall–Kier alpha value is -3.74. The van der Waals surface area contributed by atoms with Crippen LogP contribution in [0, 0.1) is 0 Å². The molecular formula is C21H14F2N4O. The number of carbonyl (C=O) groups excluding carboxylic acids is 1. The number of halogens is 2. The van der Waals surface area contributed by atoms with Crippen molar-refractivity contribution >= 4 is 22.5 Å². The zero-order chi connectivity index (χ0) is 19.5. The number of para-hydroxylation sites is 1. The van der Waals surface area contributed by atoms with Crippen LogP contribution in [0.15, 0.2) is 73.2 Å². The average molecular weight is 376 g/mol. The first-order valence-electron chi connectivity index (χ1n) is 8.47. The van der Waals surface area contributed by atoms with Crippen molar-refractivity contribution in [2.75, 3.05) is 5.32 Å². The van der Waals surface area contributed by atoms with Crippen molar-refractivity contribution in [3.8, 4) is 11.3 Å². The minimum Gasteiger partial charge on any atom is -0.321 e. The molecule has 0 saturated carbocycles. The molecule has 1 aromatic carbocycles. The summed E-state index contributed by atoms with van der Waals surface area (Å²) in [5.74, 6) is -0.328. The van der Waals surface area contributed by atoms with Gasteiger partial charge < -0.3 is 5.32 Å². The zero-order valence-electron chi connectivity index (χ0n) is 14.5. The normalized spacial score (nSPS) is 11.0. The molecule has 0 aliphatic rings. The molecule has 0 spiro atoms. The molecule has 3 heterocycles. The summed E-state index contributed by atoms with van der Waals surface area (Å²) in [6, 6.07) is 15.2. The summed E-state index contributed by atoms with van der Waals surface area (Å²) >= 11 is 0. The molecule has 1 N–H and O–H groups in total. The summed E-state index contributed by atoms with van der Waals surface area (Å²) in [6.07, 6.45) is 1.82. The van der Waals surface area contributed by atoms with Gasteiger partial charge in [0.25, 0.3) is 12.3 Å². The number of fused-ring (bicyclic) bond motifs is 1. The van der Waals surface area contributed by atoms with Crippen LogP contribution in [-0.2, 0) is 0 Å². The van der Waals surface area contributed by atoms with E-state index < -0.39 is 6.43 Å².